The number of carbonyl (C=O) groups excluding carboxylic acids is 3. The molecule has 11 heteroatoms. The third-order valence-corrected chi connectivity index (χ3v) is 7.88. The second kappa shape index (κ2) is 12.6. The molecular formula is C30H35FN6O4. The number of amides is 2. The maximum Gasteiger partial charge on any atom is 0.272 e. The highest BCUT2D eigenvalue weighted by Crippen LogP contribution is 2.24. The first-order valence-corrected chi connectivity index (χ1v) is 13.9. The number of carbonyl (C=O) groups is 3. The van der Waals surface area contributed by atoms with Crippen LogP contribution in [0.1, 0.15) is 56.0 Å². The van der Waals surface area contributed by atoms with Crippen molar-refractivity contribution in [2.45, 2.75) is 38.0 Å². The van der Waals surface area contributed by atoms with Crippen molar-refractivity contribution in [1.29, 1.82) is 0 Å². The number of rotatable bonds is 8. The maximum atomic E-state index is 14.9. The number of benzene rings is 1. The van der Waals surface area contributed by atoms with Crippen molar-refractivity contribution < 1.29 is 23.5 Å². The van der Waals surface area contributed by atoms with Crippen LogP contribution in [0.2, 0.25) is 0 Å². The van der Waals surface area contributed by atoms with Gasteiger partial charge in [-0.15, -0.1) is 0 Å². The minimum atomic E-state index is -1.20. The summed E-state index contributed by atoms with van der Waals surface area (Å²) in [6, 6.07) is 9.55. The molecule has 3 aromatic rings. The summed E-state index contributed by atoms with van der Waals surface area (Å²) in [4.78, 5) is 46.6. The Bertz CT molecular complexity index is 1370. The van der Waals surface area contributed by atoms with Crippen LogP contribution in [-0.2, 0) is 13.6 Å². The van der Waals surface area contributed by atoms with E-state index in [0.29, 0.717) is 56.8 Å². The van der Waals surface area contributed by atoms with Crippen molar-refractivity contribution in [3.63, 3.8) is 0 Å². The van der Waals surface area contributed by atoms with Crippen LogP contribution in [0.15, 0.2) is 55.0 Å². The minimum Gasteiger partial charge on any atom is -0.497 e. The van der Waals surface area contributed by atoms with Gasteiger partial charge in [-0.1, -0.05) is 0 Å². The summed E-state index contributed by atoms with van der Waals surface area (Å²) in [6.07, 6.45) is 5.48. The number of ether oxygens (including phenoxy) is 1. The van der Waals surface area contributed by atoms with Crippen LogP contribution in [0.25, 0.3) is 0 Å². The molecule has 2 fully saturated rings. The lowest BCUT2D eigenvalue weighted by Gasteiger charge is -2.34. The Morgan fingerprint density at radius 1 is 1.00 bits per heavy atom. The second-order valence-corrected chi connectivity index (χ2v) is 10.7. The van der Waals surface area contributed by atoms with E-state index < -0.39 is 18.1 Å². The van der Waals surface area contributed by atoms with Gasteiger partial charge in [0.05, 0.1) is 24.9 Å². The summed E-state index contributed by atoms with van der Waals surface area (Å²) < 4.78 is 21.8. The van der Waals surface area contributed by atoms with Crippen molar-refractivity contribution in [3.05, 3.63) is 77.4 Å². The number of aromatic nitrogens is 3. The van der Waals surface area contributed by atoms with Gasteiger partial charge in [-0.2, -0.15) is 5.10 Å². The Morgan fingerprint density at radius 2 is 1.73 bits per heavy atom. The van der Waals surface area contributed by atoms with E-state index in [2.05, 4.69) is 15.4 Å². The molecule has 2 amide bonds. The normalized spacial score (nSPS) is 20.0. The number of methoxy groups -OCH3 is 1. The first kappa shape index (κ1) is 28.4. The van der Waals surface area contributed by atoms with Crippen LogP contribution >= 0.6 is 0 Å². The average Bonchev–Trinajstić information content (AvgIpc) is 3.42. The first-order valence-electron chi connectivity index (χ1n) is 13.9. The first-order chi connectivity index (χ1) is 19.8. The van der Waals surface area contributed by atoms with Crippen molar-refractivity contribution in [1.82, 2.24) is 29.9 Å². The molecule has 0 spiro atoms. The number of halogens is 1. The zero-order valence-electron chi connectivity index (χ0n) is 23.3. The summed E-state index contributed by atoms with van der Waals surface area (Å²) in [5.74, 6) is -0.0293. The van der Waals surface area contributed by atoms with E-state index >= 15 is 0 Å². The zero-order valence-corrected chi connectivity index (χ0v) is 23.3. The highest BCUT2D eigenvalue weighted by atomic mass is 19.1. The number of nitrogens with one attached hydrogen (secondary N) is 1. The van der Waals surface area contributed by atoms with E-state index in [4.69, 9.17) is 4.74 Å². The Morgan fingerprint density at radius 3 is 2.34 bits per heavy atom. The molecule has 4 heterocycles. The van der Waals surface area contributed by atoms with Crippen LogP contribution in [0.4, 0.5) is 4.39 Å². The van der Waals surface area contributed by atoms with E-state index in [1.807, 2.05) is 18.1 Å². The van der Waals surface area contributed by atoms with Crippen molar-refractivity contribution >= 4 is 17.6 Å². The number of ketones is 1. The lowest BCUT2D eigenvalue weighted by atomic mass is 9.88. The zero-order chi connectivity index (χ0) is 28.9. The van der Waals surface area contributed by atoms with Crippen molar-refractivity contribution in [2.24, 2.45) is 13.0 Å². The number of likely N-dealkylation sites (tertiary alicyclic amines) is 2. The fraction of sp³-hybridized carbons (Fsp3) is 0.433. The number of pyridine rings is 1. The lowest BCUT2D eigenvalue weighted by Crippen LogP contribution is -2.52. The van der Waals surface area contributed by atoms with Crippen molar-refractivity contribution in [2.75, 3.05) is 33.3 Å². The van der Waals surface area contributed by atoms with Crippen LogP contribution < -0.4 is 10.1 Å². The fourth-order valence-electron chi connectivity index (χ4n) is 5.49. The van der Waals surface area contributed by atoms with Gasteiger partial charge in [-0.3, -0.25) is 28.9 Å². The molecule has 0 unspecified atom stereocenters. The molecule has 2 aliphatic heterocycles. The molecule has 1 N–H and O–H groups in total. The Labute approximate surface area is 238 Å². The van der Waals surface area contributed by atoms with Crippen molar-refractivity contribution in [3.8, 4) is 5.75 Å². The molecule has 0 radical (unpaired) electrons. The van der Waals surface area contributed by atoms with Crippen LogP contribution in [0.5, 0.6) is 5.75 Å². The van der Waals surface area contributed by atoms with Crippen LogP contribution in [0, 0.1) is 5.92 Å². The quantitative estimate of drug-likeness (QED) is 0.421. The molecule has 2 aromatic heterocycles. The number of piperidine rings is 2. The molecule has 0 aliphatic carbocycles. The van der Waals surface area contributed by atoms with Gasteiger partial charge in [0, 0.05) is 69.2 Å². The van der Waals surface area contributed by atoms with E-state index in [1.54, 1.807) is 53.2 Å². The average molecular weight is 563 g/mol. The molecule has 216 valence electrons. The molecule has 2 aliphatic rings. The molecule has 2 saturated heterocycles. The molecule has 1 aromatic carbocycles. The van der Waals surface area contributed by atoms with E-state index in [9.17, 15) is 18.8 Å². The van der Waals surface area contributed by atoms with Crippen LogP contribution in [-0.4, -0.2) is 87.7 Å². The highest BCUT2D eigenvalue weighted by Gasteiger charge is 2.31. The smallest absolute Gasteiger partial charge is 0.272 e. The Hall–Kier alpha value is -4.12. The van der Waals surface area contributed by atoms with Gasteiger partial charge >= 0.3 is 0 Å². The third kappa shape index (κ3) is 6.79. The Balaban J connectivity index is 1.09. The predicted molar refractivity (Wildman–Crippen MR) is 149 cm³/mol. The minimum absolute atomic E-state index is 0.0722. The SMILES string of the molecule is COc1ccc(C(=O)C2CCN(C(=O)c3ccc(C(=O)N[C@@H]4CCN(Cc5cnn(C)c5)C[C@H]4F)cn3)CC2)cc1. The molecule has 2 atom stereocenters. The summed E-state index contributed by atoms with van der Waals surface area (Å²) >= 11 is 0. The summed E-state index contributed by atoms with van der Waals surface area (Å²) in [6.45, 7) is 2.41. The van der Waals surface area contributed by atoms with Gasteiger partial charge in [-0.25, -0.2) is 4.39 Å². The third-order valence-electron chi connectivity index (χ3n) is 7.88. The molecule has 5 rings (SSSR count). The number of aryl methyl sites for hydroxylation is 1. The van der Waals surface area contributed by atoms with Gasteiger partial charge in [0.15, 0.2) is 5.78 Å². The number of alkyl halides is 1. The maximum absolute atomic E-state index is 14.9. The number of hydrogen-bond donors (Lipinski definition) is 1. The van der Waals surface area contributed by atoms with Gasteiger partial charge in [0.25, 0.3) is 11.8 Å². The highest BCUT2D eigenvalue weighted by molar-refractivity contribution is 5.99. The lowest BCUT2D eigenvalue weighted by molar-refractivity contribution is 0.0645. The predicted octanol–water partition coefficient (Wildman–Crippen LogP) is 2.90. The Kier molecular flexibility index (Phi) is 8.72. The monoisotopic (exact) mass is 562 g/mol. The molecule has 41 heavy (non-hydrogen) atoms. The van der Waals surface area contributed by atoms with Gasteiger partial charge in [0.1, 0.15) is 17.6 Å². The molecule has 10 nitrogen and oxygen atoms in total. The summed E-state index contributed by atoms with van der Waals surface area (Å²) in [5, 5.41) is 6.94. The largest absolute Gasteiger partial charge is 0.497 e. The number of hydrogen-bond acceptors (Lipinski definition) is 7. The van der Waals surface area contributed by atoms with E-state index in [1.165, 1.54) is 12.3 Å². The fourth-order valence-corrected chi connectivity index (χ4v) is 5.49. The topological polar surface area (TPSA) is 110 Å². The molecule has 0 bridgehead atoms. The standard InChI is InChI=1S/C30H35FN6O4/c1-35-17-20(15-33-35)18-36-12-11-26(25(31)19-36)34-29(39)23-5-8-27(32-16-23)30(40)37-13-9-22(10-14-37)28(38)21-3-6-24(41-2)7-4-21/h3-8,15-17,22,25-26H,9-14,18-19H2,1-2H3,(H,34,39)/t25-,26-/m1/s1. The van der Waals surface area contributed by atoms with E-state index in [-0.39, 0.29) is 35.4 Å². The summed E-state index contributed by atoms with van der Waals surface area (Å²) in [5.41, 5.74) is 2.17. The van der Waals surface area contributed by atoms with Gasteiger partial charge in [0.2, 0.25) is 0 Å². The van der Waals surface area contributed by atoms with E-state index in [0.717, 1.165) is 5.56 Å². The van der Waals surface area contributed by atoms with Gasteiger partial charge in [-0.05, 0) is 55.7 Å². The number of Topliss-reactive ketones (excluding diaryl/α,β-unsaturated/α-hetero) is 1. The molecular weight excluding hydrogens is 527 g/mol. The second-order valence-electron chi connectivity index (χ2n) is 10.7. The molecule has 0 saturated carbocycles. The van der Waals surface area contributed by atoms with Crippen LogP contribution in [0.3, 0.4) is 0 Å². The number of nitrogens with zero attached hydrogens (tertiary/aromatic N) is 5. The summed E-state index contributed by atoms with van der Waals surface area (Å²) in [7, 11) is 3.43. The van der Waals surface area contributed by atoms with Gasteiger partial charge < -0.3 is 15.0 Å².